The molecule has 3 rings (SSSR count). The van der Waals surface area contributed by atoms with Crippen LogP contribution in [0.4, 0.5) is 0 Å². The van der Waals surface area contributed by atoms with E-state index in [9.17, 15) is 9.59 Å². The lowest BCUT2D eigenvalue weighted by atomic mass is 9.96. The highest BCUT2D eigenvalue weighted by Gasteiger charge is 2.35. The van der Waals surface area contributed by atoms with Crippen molar-refractivity contribution in [3.8, 4) is 0 Å². The predicted octanol–water partition coefficient (Wildman–Crippen LogP) is 3.46. The number of ether oxygens (including phenoxy) is 2. The van der Waals surface area contributed by atoms with E-state index < -0.39 is 12.2 Å². The lowest BCUT2D eigenvalue weighted by molar-refractivity contribution is -0.146. The molecule has 0 amide bonds. The van der Waals surface area contributed by atoms with Crippen molar-refractivity contribution in [1.29, 1.82) is 0 Å². The molecule has 0 fully saturated rings. The molecule has 1 aliphatic carbocycles. The summed E-state index contributed by atoms with van der Waals surface area (Å²) in [4.78, 5) is 23.4. The summed E-state index contributed by atoms with van der Waals surface area (Å²) in [7, 11) is 0. The molecule has 116 valence electrons. The van der Waals surface area contributed by atoms with E-state index >= 15 is 0 Å². The largest absolute Gasteiger partial charge is 0.464 e. The van der Waals surface area contributed by atoms with Gasteiger partial charge in [0.05, 0.1) is 6.26 Å². The van der Waals surface area contributed by atoms with Gasteiger partial charge >= 0.3 is 11.9 Å². The minimum atomic E-state index is -0.588. The fraction of sp³-hybridized carbons (Fsp3) is 0.412. The van der Waals surface area contributed by atoms with Crippen molar-refractivity contribution < 1.29 is 23.5 Å². The van der Waals surface area contributed by atoms with Gasteiger partial charge in [-0.1, -0.05) is 6.08 Å². The smallest absolute Gasteiger partial charge is 0.334 e. The van der Waals surface area contributed by atoms with Gasteiger partial charge in [0.2, 0.25) is 0 Å². The molecule has 0 spiro atoms. The molecule has 2 aliphatic rings. The highest BCUT2D eigenvalue weighted by Crippen LogP contribution is 2.41. The molecule has 2 atom stereocenters. The zero-order valence-corrected chi connectivity index (χ0v) is 12.8. The molecule has 0 radical (unpaired) electrons. The summed E-state index contributed by atoms with van der Waals surface area (Å²) in [6.07, 6.45) is 5.66. The van der Waals surface area contributed by atoms with E-state index in [0.717, 1.165) is 16.7 Å². The summed E-state index contributed by atoms with van der Waals surface area (Å²) in [5.74, 6) is -0.137. The maximum atomic E-state index is 11.9. The van der Waals surface area contributed by atoms with Crippen LogP contribution in [-0.4, -0.2) is 11.9 Å². The number of carbonyl (C=O) groups excluding carboxylic acids is 2. The van der Waals surface area contributed by atoms with E-state index in [4.69, 9.17) is 13.9 Å². The molecule has 2 bridgehead atoms. The molecule has 5 nitrogen and oxygen atoms in total. The number of allylic oxidation sites excluding steroid dienone is 1. The zero-order valence-electron chi connectivity index (χ0n) is 12.8. The quantitative estimate of drug-likeness (QED) is 0.587. The lowest BCUT2D eigenvalue weighted by Crippen LogP contribution is -2.13. The van der Waals surface area contributed by atoms with Gasteiger partial charge in [0, 0.05) is 18.1 Å². The van der Waals surface area contributed by atoms with Crippen LogP contribution in [0.5, 0.6) is 0 Å². The van der Waals surface area contributed by atoms with Gasteiger partial charge in [-0.2, -0.15) is 0 Å². The minimum absolute atomic E-state index is 0.284. The zero-order chi connectivity index (χ0) is 15.9. The van der Waals surface area contributed by atoms with E-state index in [1.807, 2.05) is 26.0 Å². The van der Waals surface area contributed by atoms with E-state index in [-0.39, 0.29) is 11.9 Å². The normalized spacial score (nSPS) is 24.0. The second kappa shape index (κ2) is 5.48. The van der Waals surface area contributed by atoms with Crippen LogP contribution in [0, 0.1) is 6.92 Å². The van der Waals surface area contributed by atoms with Gasteiger partial charge in [0.25, 0.3) is 0 Å². The summed E-state index contributed by atoms with van der Waals surface area (Å²) in [5.41, 5.74) is 3.21. The number of hydrogen-bond donors (Lipinski definition) is 0. The molecule has 2 heterocycles. The Hall–Kier alpha value is -2.30. The predicted molar refractivity (Wildman–Crippen MR) is 77.9 cm³/mol. The van der Waals surface area contributed by atoms with Gasteiger partial charge in [-0.3, -0.25) is 4.79 Å². The number of carbonyl (C=O) groups is 2. The SMILES string of the molecule is CC(=O)OC1C(C)=CCCC2=CC(OC2=O)c2c(C)coc21. The summed E-state index contributed by atoms with van der Waals surface area (Å²) in [6.45, 7) is 5.16. The van der Waals surface area contributed by atoms with Crippen molar-refractivity contribution in [2.24, 2.45) is 0 Å². The Labute approximate surface area is 128 Å². The van der Waals surface area contributed by atoms with Gasteiger partial charge in [-0.25, -0.2) is 4.79 Å². The van der Waals surface area contributed by atoms with Crippen LogP contribution in [0.3, 0.4) is 0 Å². The van der Waals surface area contributed by atoms with Gasteiger partial charge in [0.15, 0.2) is 18.0 Å². The van der Waals surface area contributed by atoms with Crippen molar-refractivity contribution in [2.75, 3.05) is 0 Å². The molecule has 5 heteroatoms. The Kier molecular flexibility index (Phi) is 3.64. The highest BCUT2D eigenvalue weighted by atomic mass is 16.6. The average Bonchev–Trinajstić information content (AvgIpc) is 2.98. The van der Waals surface area contributed by atoms with Crippen LogP contribution in [0.2, 0.25) is 0 Å². The Morgan fingerprint density at radius 2 is 2.14 bits per heavy atom. The molecule has 1 aliphatic heterocycles. The summed E-state index contributed by atoms with van der Waals surface area (Å²) in [6, 6.07) is 0. The summed E-state index contributed by atoms with van der Waals surface area (Å²) >= 11 is 0. The van der Waals surface area contributed by atoms with Crippen molar-refractivity contribution in [2.45, 2.75) is 45.8 Å². The maximum absolute atomic E-state index is 11.9. The van der Waals surface area contributed by atoms with Gasteiger partial charge in [0.1, 0.15) is 0 Å². The highest BCUT2D eigenvalue weighted by molar-refractivity contribution is 5.91. The number of fused-ring (bicyclic) bond motifs is 3. The fourth-order valence-corrected chi connectivity index (χ4v) is 2.93. The maximum Gasteiger partial charge on any atom is 0.334 e. The van der Waals surface area contributed by atoms with Crippen molar-refractivity contribution in [1.82, 2.24) is 0 Å². The Balaban J connectivity index is 2.13. The van der Waals surface area contributed by atoms with Crippen molar-refractivity contribution >= 4 is 11.9 Å². The van der Waals surface area contributed by atoms with E-state index in [0.29, 0.717) is 24.2 Å². The first-order valence-corrected chi connectivity index (χ1v) is 7.30. The van der Waals surface area contributed by atoms with Crippen molar-refractivity contribution in [3.05, 3.63) is 46.4 Å². The summed E-state index contributed by atoms with van der Waals surface area (Å²) < 4.78 is 16.6. The van der Waals surface area contributed by atoms with Crippen LogP contribution in [0.15, 0.2) is 34.0 Å². The molecule has 1 aromatic rings. The van der Waals surface area contributed by atoms with Crippen LogP contribution in [0.25, 0.3) is 0 Å². The average molecular weight is 302 g/mol. The lowest BCUT2D eigenvalue weighted by Gasteiger charge is -2.19. The van der Waals surface area contributed by atoms with Crippen LogP contribution >= 0.6 is 0 Å². The molecule has 0 saturated heterocycles. The van der Waals surface area contributed by atoms with Gasteiger partial charge in [-0.15, -0.1) is 0 Å². The number of hydrogen-bond acceptors (Lipinski definition) is 5. The van der Waals surface area contributed by atoms with Crippen LogP contribution < -0.4 is 0 Å². The van der Waals surface area contributed by atoms with E-state index in [1.165, 1.54) is 6.92 Å². The standard InChI is InChI=1S/C17H18O5/c1-9-5-4-6-12-7-13(22-17(12)19)14-10(2)8-20-16(14)15(9)21-11(3)18/h5,7-8,13,15H,4,6H2,1-3H3. The van der Waals surface area contributed by atoms with Gasteiger partial charge < -0.3 is 13.9 Å². The van der Waals surface area contributed by atoms with E-state index in [2.05, 4.69) is 0 Å². The molecule has 22 heavy (non-hydrogen) atoms. The topological polar surface area (TPSA) is 65.7 Å². The first kappa shape index (κ1) is 14.6. The molecule has 0 aromatic carbocycles. The van der Waals surface area contributed by atoms with Crippen LogP contribution in [0.1, 0.15) is 55.8 Å². The number of esters is 2. The molecular formula is C17H18O5. The number of rotatable bonds is 1. The third-order valence-corrected chi connectivity index (χ3v) is 4.00. The molecule has 1 aromatic heterocycles. The van der Waals surface area contributed by atoms with E-state index in [1.54, 1.807) is 6.26 Å². The third kappa shape index (κ3) is 2.47. The Bertz CT molecular complexity index is 692. The molecule has 0 N–H and O–H groups in total. The second-order valence-electron chi connectivity index (χ2n) is 5.69. The van der Waals surface area contributed by atoms with Crippen LogP contribution in [-0.2, 0) is 19.1 Å². The molecule has 2 unspecified atom stereocenters. The third-order valence-electron chi connectivity index (χ3n) is 4.00. The Morgan fingerprint density at radius 3 is 2.86 bits per heavy atom. The first-order valence-electron chi connectivity index (χ1n) is 7.30. The first-order chi connectivity index (χ1) is 10.5. The molecule has 0 saturated carbocycles. The number of furan rings is 1. The second-order valence-corrected chi connectivity index (χ2v) is 5.69. The monoisotopic (exact) mass is 302 g/mol. The fourth-order valence-electron chi connectivity index (χ4n) is 2.93. The Morgan fingerprint density at radius 1 is 1.36 bits per heavy atom. The number of aryl methyl sites for hydroxylation is 1. The van der Waals surface area contributed by atoms with Crippen molar-refractivity contribution in [3.63, 3.8) is 0 Å². The molecular weight excluding hydrogens is 284 g/mol. The van der Waals surface area contributed by atoms with Gasteiger partial charge in [-0.05, 0) is 43.9 Å². The summed E-state index contributed by atoms with van der Waals surface area (Å²) in [5, 5.41) is 0. The minimum Gasteiger partial charge on any atom is -0.464 e.